The van der Waals surface area contributed by atoms with Crippen molar-refractivity contribution in [1.29, 1.82) is 0 Å². The minimum Gasteiger partial charge on any atom is -0.440 e. The lowest BCUT2D eigenvalue weighted by Gasteiger charge is -2.00. The van der Waals surface area contributed by atoms with Gasteiger partial charge in [0.05, 0.1) is 0 Å². The van der Waals surface area contributed by atoms with E-state index < -0.39 is 0 Å². The molecule has 0 aliphatic heterocycles. The number of fused-ring (bicyclic) bond motifs is 1. The standard InChI is InChI=1S/C9H9N3O2/c1-4-5(2)14-9-7(8(4)13)10-6(3)11-12-9/h1-3H3. The van der Waals surface area contributed by atoms with Crippen molar-refractivity contribution in [2.45, 2.75) is 20.8 Å². The van der Waals surface area contributed by atoms with Gasteiger partial charge in [-0.25, -0.2) is 4.98 Å². The van der Waals surface area contributed by atoms with Gasteiger partial charge < -0.3 is 4.42 Å². The summed E-state index contributed by atoms with van der Waals surface area (Å²) in [6.07, 6.45) is 0. The fourth-order valence-corrected chi connectivity index (χ4v) is 1.17. The van der Waals surface area contributed by atoms with Gasteiger partial charge in [0.15, 0.2) is 5.52 Å². The minimum atomic E-state index is -0.137. The first-order valence-corrected chi connectivity index (χ1v) is 4.21. The molecule has 0 radical (unpaired) electrons. The molecule has 0 aliphatic carbocycles. The molecule has 2 aromatic heterocycles. The van der Waals surface area contributed by atoms with Gasteiger partial charge >= 0.3 is 0 Å². The molecule has 2 aromatic rings. The Labute approximate surface area is 79.8 Å². The highest BCUT2D eigenvalue weighted by Crippen LogP contribution is 2.09. The summed E-state index contributed by atoms with van der Waals surface area (Å²) < 4.78 is 5.29. The Hall–Kier alpha value is -1.78. The number of aryl methyl sites for hydroxylation is 2. The SMILES string of the molecule is Cc1nnc2oc(C)c(C)c(=O)c2n1. The van der Waals surface area contributed by atoms with Gasteiger partial charge in [-0.1, -0.05) is 0 Å². The lowest BCUT2D eigenvalue weighted by molar-refractivity contribution is 0.539. The molecule has 5 nitrogen and oxygen atoms in total. The number of hydrogen-bond acceptors (Lipinski definition) is 5. The second-order valence-electron chi connectivity index (χ2n) is 3.13. The van der Waals surface area contributed by atoms with Crippen molar-refractivity contribution in [3.8, 4) is 0 Å². The first kappa shape index (κ1) is 8.80. The molecule has 2 heterocycles. The minimum absolute atomic E-state index is 0.137. The molecular formula is C9H9N3O2. The van der Waals surface area contributed by atoms with E-state index in [0.717, 1.165) is 0 Å². The summed E-state index contributed by atoms with van der Waals surface area (Å²) in [6.45, 7) is 5.11. The summed E-state index contributed by atoms with van der Waals surface area (Å²) in [5, 5.41) is 7.49. The Morgan fingerprint density at radius 1 is 1.14 bits per heavy atom. The predicted octanol–water partition coefficient (Wildman–Crippen LogP) is 0.903. The molecule has 14 heavy (non-hydrogen) atoms. The number of aromatic nitrogens is 3. The smallest absolute Gasteiger partial charge is 0.268 e. The molecule has 0 N–H and O–H groups in total. The molecular weight excluding hydrogens is 182 g/mol. The predicted molar refractivity (Wildman–Crippen MR) is 50.1 cm³/mol. The number of rotatable bonds is 0. The molecule has 0 aliphatic rings. The van der Waals surface area contributed by atoms with Crippen molar-refractivity contribution >= 4 is 11.2 Å². The van der Waals surface area contributed by atoms with E-state index in [2.05, 4.69) is 15.2 Å². The van der Waals surface area contributed by atoms with Crippen LogP contribution < -0.4 is 5.43 Å². The van der Waals surface area contributed by atoms with Crippen molar-refractivity contribution in [2.75, 3.05) is 0 Å². The maximum atomic E-state index is 11.7. The van der Waals surface area contributed by atoms with E-state index in [-0.39, 0.29) is 16.7 Å². The molecule has 0 atom stereocenters. The van der Waals surface area contributed by atoms with Crippen LogP contribution >= 0.6 is 0 Å². The highest BCUT2D eigenvalue weighted by atomic mass is 16.3. The maximum absolute atomic E-state index is 11.7. The quantitative estimate of drug-likeness (QED) is 0.618. The zero-order valence-electron chi connectivity index (χ0n) is 8.16. The molecule has 5 heteroatoms. The highest BCUT2D eigenvalue weighted by Gasteiger charge is 2.10. The Morgan fingerprint density at radius 3 is 2.57 bits per heavy atom. The summed E-state index contributed by atoms with van der Waals surface area (Å²) in [7, 11) is 0. The van der Waals surface area contributed by atoms with Crippen LogP contribution in [0.4, 0.5) is 0 Å². The van der Waals surface area contributed by atoms with Crippen LogP contribution in [0.2, 0.25) is 0 Å². The van der Waals surface area contributed by atoms with Gasteiger partial charge in [0.1, 0.15) is 11.6 Å². The molecule has 0 unspecified atom stereocenters. The van der Waals surface area contributed by atoms with Crippen LogP contribution in [0.3, 0.4) is 0 Å². The van der Waals surface area contributed by atoms with Gasteiger partial charge in [-0.2, -0.15) is 0 Å². The van der Waals surface area contributed by atoms with Crippen molar-refractivity contribution in [1.82, 2.24) is 15.2 Å². The van der Waals surface area contributed by atoms with E-state index in [1.807, 2.05) is 0 Å². The Morgan fingerprint density at radius 2 is 1.86 bits per heavy atom. The van der Waals surface area contributed by atoms with Crippen molar-refractivity contribution in [2.24, 2.45) is 0 Å². The average Bonchev–Trinajstić information content (AvgIpc) is 2.16. The van der Waals surface area contributed by atoms with E-state index in [9.17, 15) is 4.79 Å². The third-order valence-electron chi connectivity index (χ3n) is 2.10. The monoisotopic (exact) mass is 191 g/mol. The van der Waals surface area contributed by atoms with E-state index in [1.165, 1.54) is 0 Å². The van der Waals surface area contributed by atoms with Crippen LogP contribution in [0.5, 0.6) is 0 Å². The summed E-state index contributed by atoms with van der Waals surface area (Å²) in [5.41, 5.74) is 0.878. The van der Waals surface area contributed by atoms with Gasteiger partial charge in [0.2, 0.25) is 5.43 Å². The van der Waals surface area contributed by atoms with Crippen LogP contribution in [-0.4, -0.2) is 15.2 Å². The largest absolute Gasteiger partial charge is 0.440 e. The van der Waals surface area contributed by atoms with E-state index in [0.29, 0.717) is 17.1 Å². The molecule has 72 valence electrons. The van der Waals surface area contributed by atoms with Crippen LogP contribution in [0.25, 0.3) is 11.2 Å². The normalized spacial score (nSPS) is 10.8. The summed E-state index contributed by atoms with van der Waals surface area (Å²) in [4.78, 5) is 15.7. The number of nitrogens with zero attached hydrogens (tertiary/aromatic N) is 3. The van der Waals surface area contributed by atoms with Gasteiger partial charge in [0, 0.05) is 5.56 Å². The summed E-state index contributed by atoms with van der Waals surface area (Å²) in [6, 6.07) is 0. The third kappa shape index (κ3) is 1.17. The topological polar surface area (TPSA) is 68.9 Å². The van der Waals surface area contributed by atoms with Crippen LogP contribution in [-0.2, 0) is 0 Å². The Kier molecular flexibility index (Phi) is 1.80. The molecule has 0 saturated heterocycles. The van der Waals surface area contributed by atoms with Crippen molar-refractivity contribution < 1.29 is 4.42 Å². The van der Waals surface area contributed by atoms with Gasteiger partial charge in [-0.05, 0) is 20.8 Å². The van der Waals surface area contributed by atoms with Crippen molar-refractivity contribution in [3.05, 3.63) is 27.4 Å². The Bertz CT molecular complexity index is 560. The fourth-order valence-electron chi connectivity index (χ4n) is 1.17. The summed E-state index contributed by atoms with van der Waals surface area (Å²) >= 11 is 0. The molecule has 0 fully saturated rings. The zero-order valence-corrected chi connectivity index (χ0v) is 8.16. The van der Waals surface area contributed by atoms with Crippen LogP contribution in [0.15, 0.2) is 9.21 Å². The first-order chi connectivity index (χ1) is 6.59. The lowest BCUT2D eigenvalue weighted by Crippen LogP contribution is -2.11. The highest BCUT2D eigenvalue weighted by molar-refractivity contribution is 5.67. The van der Waals surface area contributed by atoms with Gasteiger partial charge in [-0.15, -0.1) is 10.2 Å². The average molecular weight is 191 g/mol. The lowest BCUT2D eigenvalue weighted by atomic mass is 10.2. The second-order valence-corrected chi connectivity index (χ2v) is 3.13. The van der Waals surface area contributed by atoms with Crippen molar-refractivity contribution in [3.63, 3.8) is 0 Å². The van der Waals surface area contributed by atoms with E-state index in [4.69, 9.17) is 4.42 Å². The summed E-state index contributed by atoms with van der Waals surface area (Å²) in [5.74, 6) is 1.02. The van der Waals surface area contributed by atoms with Crippen LogP contribution in [0.1, 0.15) is 17.1 Å². The molecule has 0 amide bonds. The molecule has 0 bridgehead atoms. The number of hydrogen-bond donors (Lipinski definition) is 0. The van der Waals surface area contributed by atoms with Gasteiger partial charge in [0.25, 0.3) is 5.71 Å². The van der Waals surface area contributed by atoms with E-state index >= 15 is 0 Å². The van der Waals surface area contributed by atoms with Gasteiger partial charge in [-0.3, -0.25) is 4.79 Å². The molecule has 0 saturated carbocycles. The zero-order chi connectivity index (χ0) is 10.3. The first-order valence-electron chi connectivity index (χ1n) is 4.21. The second kappa shape index (κ2) is 2.87. The van der Waals surface area contributed by atoms with E-state index in [1.54, 1.807) is 20.8 Å². The van der Waals surface area contributed by atoms with Crippen LogP contribution in [0, 0.1) is 20.8 Å². The fraction of sp³-hybridized carbons (Fsp3) is 0.333. The molecule has 0 spiro atoms. The maximum Gasteiger partial charge on any atom is 0.268 e. The third-order valence-corrected chi connectivity index (χ3v) is 2.10. The molecule has 2 rings (SSSR count). The molecule has 0 aromatic carbocycles. The Balaban J connectivity index is 2.99.